The number of unbranched alkanes of at least 4 members (excludes halogenated alkanes) is 2. The molecule has 0 aliphatic carbocycles. The van der Waals surface area contributed by atoms with Gasteiger partial charge in [-0.15, -0.1) is 0 Å². The third kappa shape index (κ3) is 24.4. The van der Waals surface area contributed by atoms with Gasteiger partial charge in [0.1, 0.15) is 48.4 Å². The predicted molar refractivity (Wildman–Crippen MR) is 376 cm³/mol. The number of likely N-dealkylation sites (N-methyl/N-ethyl adjacent to an activating group) is 6. The summed E-state index contributed by atoms with van der Waals surface area (Å²) in [7, 11) is 10.0. The fourth-order valence-electron chi connectivity index (χ4n) is 13.5. The van der Waals surface area contributed by atoms with Crippen LogP contribution in [0, 0.1) is 47.3 Å². The van der Waals surface area contributed by atoms with E-state index in [1.807, 2.05) is 48.5 Å². The Morgan fingerprint density at radius 3 is 1.64 bits per heavy atom. The maximum atomic E-state index is 15.3. The number of Topliss-reactive ketones (excluding diaryl/α,β-unsaturated/α-hetero) is 2. The zero-order valence-electron chi connectivity index (χ0n) is 64.3. The van der Waals surface area contributed by atoms with Gasteiger partial charge in [-0.1, -0.05) is 96.4 Å². The third-order valence-corrected chi connectivity index (χ3v) is 19.9. The summed E-state index contributed by atoms with van der Waals surface area (Å²) in [5.41, 5.74) is 0. The highest BCUT2D eigenvalue weighted by Gasteiger charge is 2.55. The second kappa shape index (κ2) is 41.0. The lowest BCUT2D eigenvalue weighted by molar-refractivity contribution is -0.322. The average molecular weight is 1400 g/mol. The topological polar surface area (TPSA) is 304 Å². The molecule has 0 bridgehead atoms. The van der Waals surface area contributed by atoms with Crippen molar-refractivity contribution in [2.45, 2.75) is 248 Å². The van der Waals surface area contributed by atoms with Crippen LogP contribution in [-0.4, -0.2) is 272 Å². The van der Waals surface area contributed by atoms with Gasteiger partial charge in [0.05, 0.1) is 32.5 Å². The van der Waals surface area contributed by atoms with E-state index in [9.17, 15) is 24.0 Å². The number of ketones is 2. The Balaban J connectivity index is 2.29. The summed E-state index contributed by atoms with van der Waals surface area (Å²) < 4.78 is 16.6. The van der Waals surface area contributed by atoms with Gasteiger partial charge >= 0.3 is 6.09 Å². The van der Waals surface area contributed by atoms with E-state index in [4.69, 9.17) is 19.0 Å². The molecule has 0 unspecified atom stereocenters. The Kier molecular flexibility index (Phi) is 35.9. The van der Waals surface area contributed by atoms with Gasteiger partial charge in [-0.2, -0.15) is 0 Å². The summed E-state index contributed by atoms with van der Waals surface area (Å²) in [6, 6.07) is -10.9. The van der Waals surface area contributed by atoms with Gasteiger partial charge in [-0.3, -0.25) is 62.5 Å². The molecule has 99 heavy (non-hydrogen) atoms. The molecule has 3 saturated heterocycles. The van der Waals surface area contributed by atoms with Crippen molar-refractivity contribution in [1.29, 1.82) is 0 Å². The van der Waals surface area contributed by atoms with E-state index >= 15 is 33.6 Å². The lowest BCUT2D eigenvalue weighted by Crippen LogP contribution is -2.72. The van der Waals surface area contributed by atoms with E-state index in [1.54, 1.807) is 48.5 Å². The molecule has 0 aromatic rings. The summed E-state index contributed by atoms with van der Waals surface area (Å²) in [5, 5.41) is 9.24. The van der Waals surface area contributed by atoms with Crippen LogP contribution in [0.15, 0.2) is 0 Å². The highest BCUT2D eigenvalue weighted by Crippen LogP contribution is 2.35. The summed E-state index contributed by atoms with van der Waals surface area (Å²) in [5.74, 6) is -10.5. The lowest BCUT2D eigenvalue weighted by atomic mass is 9.85. The Hall–Kier alpha value is -6.32. The van der Waals surface area contributed by atoms with Crippen LogP contribution in [0.1, 0.15) is 181 Å². The summed E-state index contributed by atoms with van der Waals surface area (Å²) in [6.45, 7) is 32.5. The molecule has 27 heteroatoms. The highest BCUT2D eigenvalue weighted by molar-refractivity contribution is 6.00. The van der Waals surface area contributed by atoms with Gasteiger partial charge in [-0.05, 0) is 114 Å². The summed E-state index contributed by atoms with van der Waals surface area (Å²) in [6.07, 6.45) is 0.495. The van der Waals surface area contributed by atoms with Gasteiger partial charge in [0.25, 0.3) is 5.91 Å². The Morgan fingerprint density at radius 2 is 1.10 bits per heavy atom. The van der Waals surface area contributed by atoms with Crippen LogP contribution < -0.4 is 16.0 Å². The van der Waals surface area contributed by atoms with Crippen LogP contribution in [-0.2, 0) is 71.8 Å². The lowest BCUT2D eigenvalue weighted by Gasteiger charge is -2.50. The summed E-state index contributed by atoms with van der Waals surface area (Å²) in [4.78, 5) is 192. The number of hydrogen-bond donors (Lipinski definition) is 3. The number of fused-ring (bicyclic) bond motifs is 1. The van der Waals surface area contributed by atoms with E-state index < -0.39 is 161 Å². The Bertz CT molecular complexity index is 2710. The number of hydroxylamine groups is 2. The van der Waals surface area contributed by atoms with Crippen molar-refractivity contribution >= 4 is 70.8 Å². The molecule has 10 amide bonds. The molecule has 3 aliphatic rings. The third-order valence-electron chi connectivity index (χ3n) is 19.9. The molecule has 0 radical (unpaired) electrons. The van der Waals surface area contributed by atoms with Crippen molar-refractivity contribution in [1.82, 2.24) is 55.3 Å². The molecule has 3 rings (SSSR count). The quantitative estimate of drug-likeness (QED) is 0.117. The number of alkyl carbamates (subject to hydrolysis) is 1. The van der Waals surface area contributed by atoms with Crippen LogP contribution >= 0.6 is 0 Å². The minimum absolute atomic E-state index is 0.0329. The number of ether oxygens (including phenoxy) is 3. The molecular weight excluding hydrogens is 1270 g/mol. The predicted octanol–water partition coefficient (Wildman–Crippen LogP) is 5.19. The van der Waals surface area contributed by atoms with Crippen molar-refractivity contribution < 1.29 is 76.6 Å². The van der Waals surface area contributed by atoms with Crippen LogP contribution in [0.3, 0.4) is 0 Å². The van der Waals surface area contributed by atoms with Crippen LogP contribution in [0.2, 0.25) is 0 Å². The van der Waals surface area contributed by atoms with E-state index in [0.717, 1.165) is 31.1 Å². The first kappa shape index (κ1) is 86.9. The van der Waals surface area contributed by atoms with Crippen LogP contribution in [0.5, 0.6) is 0 Å². The molecule has 566 valence electrons. The van der Waals surface area contributed by atoms with Gasteiger partial charge < -0.3 is 59.6 Å². The van der Waals surface area contributed by atoms with E-state index in [-0.39, 0.29) is 68.8 Å². The van der Waals surface area contributed by atoms with Gasteiger partial charge in [0.2, 0.25) is 47.3 Å². The molecule has 0 aromatic heterocycles. The summed E-state index contributed by atoms with van der Waals surface area (Å²) >= 11 is 0. The Labute approximate surface area is 591 Å². The first-order chi connectivity index (χ1) is 46.3. The fraction of sp³-hybridized carbons (Fsp3) is 0.833. The number of amides is 10. The number of hydrogen-bond acceptors (Lipinski definition) is 17. The first-order valence-corrected chi connectivity index (χ1v) is 36.3. The number of carbonyl (C=O) groups is 12. The second-order valence-corrected chi connectivity index (χ2v) is 30.0. The number of carbonyl (C=O) groups excluding carboxylic acids is 12. The molecule has 3 N–H and O–H groups in total. The van der Waals surface area contributed by atoms with Crippen molar-refractivity contribution in [2.75, 3.05) is 95.4 Å². The smallest absolute Gasteiger partial charge is 0.406 e. The average Bonchev–Trinajstić information content (AvgIpc) is 0.755. The van der Waals surface area contributed by atoms with Crippen LogP contribution in [0.4, 0.5) is 4.79 Å². The molecule has 3 heterocycles. The highest BCUT2D eigenvalue weighted by atomic mass is 16.7. The normalized spacial score (nSPS) is 27.8. The number of rotatable bonds is 22. The number of morpholine rings is 1. The standard InChI is InChI=1S/C72H127N11O16/c1-24-53-68(91)76(17)50(15)66(89)81(22)60(51(16)98-34-28-27-31-82-32-35-97-36-33-82)58(85)41-52(45(8)9)67(90)77(18)54(37-42(2)3)57(84)40-48(13)63(86)74-49(14)65(88)78(19)55(38-43(4)5)69(92)79(20)56(39-44(6)7)70(93)80(21)59(46(10)11)71(94)83-61(64(87)75-53)62(99-83)47(12)29-25-26-30-73-72(95)96-23/h42-56,59-62H,24-41H2,1-23H3,(H,73,95)(H,74,86)(H,75,87)/t47-,48-,49-,50-,51-,52+,53+,54+,55+,56+,59+,60+,61+,62-/m1/s1. The zero-order chi connectivity index (χ0) is 75.2. The molecule has 14 atom stereocenters. The van der Waals surface area contributed by atoms with Crippen molar-refractivity contribution in [3.8, 4) is 0 Å². The molecule has 27 nitrogen and oxygen atoms in total. The van der Waals surface area contributed by atoms with Gasteiger partial charge in [0.15, 0.2) is 17.6 Å². The number of methoxy groups -OCH3 is 1. The molecule has 0 saturated carbocycles. The molecule has 0 spiro atoms. The molecular formula is C72H127N11O16. The minimum Gasteiger partial charge on any atom is -0.453 e. The van der Waals surface area contributed by atoms with Gasteiger partial charge in [-0.25, -0.2) is 9.86 Å². The van der Waals surface area contributed by atoms with Crippen molar-refractivity contribution in [3.05, 3.63) is 0 Å². The SMILES string of the molecule is CC[C@@H]1NC(=O)[C@@H]2[C@@H]([C@H](C)CCCCNC(=O)OC)ON2C(=O)[C@H](C(C)C)N(C)C(=O)[C@H](CC(C)C)N(C)C(=O)[C@H](CC(C)C)N(C)C(=O)[C@@H](C)NC(=O)[C@H](C)CC(=O)[C@H](CC(C)C)N(C)C(=O)[C@H](C(C)C)CC(=O)[C@H]([C@@H](C)OCCCCN2CCOCC2)N(C)C(=O)[C@@H](C)N(C)C1=O. The van der Waals surface area contributed by atoms with Crippen molar-refractivity contribution in [3.63, 3.8) is 0 Å². The fourth-order valence-corrected chi connectivity index (χ4v) is 13.5. The molecule has 3 fully saturated rings. The molecule has 3 aliphatic heterocycles. The first-order valence-electron chi connectivity index (χ1n) is 36.3. The van der Waals surface area contributed by atoms with Crippen LogP contribution in [0.25, 0.3) is 0 Å². The maximum absolute atomic E-state index is 15.3. The van der Waals surface area contributed by atoms with E-state index in [1.165, 1.54) is 92.6 Å². The monoisotopic (exact) mass is 1400 g/mol. The largest absolute Gasteiger partial charge is 0.453 e. The zero-order valence-corrected chi connectivity index (χ0v) is 64.3. The second-order valence-electron chi connectivity index (χ2n) is 30.0. The Morgan fingerprint density at radius 1 is 0.566 bits per heavy atom. The van der Waals surface area contributed by atoms with Gasteiger partial charge in [0, 0.05) is 93.2 Å². The minimum atomic E-state index is -1.34. The van der Waals surface area contributed by atoms with E-state index in [2.05, 4.69) is 20.9 Å². The van der Waals surface area contributed by atoms with E-state index in [0.29, 0.717) is 45.4 Å². The molecule has 0 aromatic carbocycles. The maximum Gasteiger partial charge on any atom is 0.406 e. The number of nitrogens with zero attached hydrogens (tertiary/aromatic N) is 8. The number of nitrogens with one attached hydrogen (secondary N) is 3. The van der Waals surface area contributed by atoms with Crippen molar-refractivity contribution in [2.24, 2.45) is 47.3 Å².